The van der Waals surface area contributed by atoms with Gasteiger partial charge in [-0.2, -0.15) is 0 Å². The molecule has 1 aromatic rings. The van der Waals surface area contributed by atoms with E-state index < -0.39 is 43.2 Å². The van der Waals surface area contributed by atoms with E-state index in [1.165, 1.54) is 24.3 Å². The van der Waals surface area contributed by atoms with E-state index in [0.29, 0.717) is 5.69 Å². The van der Waals surface area contributed by atoms with Crippen molar-refractivity contribution in [3.8, 4) is 0 Å². The molecule has 0 radical (unpaired) electrons. The molecule has 116 valence electrons. The Morgan fingerprint density at radius 3 is 2.29 bits per heavy atom. The van der Waals surface area contributed by atoms with Crippen molar-refractivity contribution in [2.75, 3.05) is 11.9 Å². The van der Waals surface area contributed by atoms with Crippen LogP contribution in [0, 0.1) is 0 Å². The molecule has 5 N–H and O–H groups in total. The molecule has 0 unspecified atom stereocenters. The van der Waals surface area contributed by atoms with Gasteiger partial charge in [-0.25, -0.2) is 0 Å². The summed E-state index contributed by atoms with van der Waals surface area (Å²) in [5, 5.41) is 51.6. The van der Waals surface area contributed by atoms with Crippen LogP contribution in [0.25, 0.3) is 0 Å². The minimum atomic E-state index is -1.48. The van der Waals surface area contributed by atoms with E-state index >= 15 is 0 Å². The van der Waals surface area contributed by atoms with Crippen molar-refractivity contribution in [1.82, 2.24) is 0 Å². The molecule has 2 rings (SSSR count). The smallest absolute Gasteiger partial charge is 0.157 e. The van der Waals surface area contributed by atoms with Gasteiger partial charge in [0.15, 0.2) is 6.23 Å². The Morgan fingerprint density at radius 2 is 1.76 bits per heavy atom. The van der Waals surface area contributed by atoms with Gasteiger partial charge in [0.05, 0.1) is 12.6 Å². The number of ether oxygens (including phenoxy) is 1. The minimum absolute atomic E-state index is 0.00523. The summed E-state index contributed by atoms with van der Waals surface area (Å²) >= 11 is 0. The zero-order chi connectivity index (χ0) is 15.6. The fourth-order valence-corrected chi connectivity index (χ4v) is 2.09. The van der Waals surface area contributed by atoms with Gasteiger partial charge in [0, 0.05) is 5.69 Å². The van der Waals surface area contributed by atoms with Crippen LogP contribution in [0.5, 0.6) is 0 Å². The summed E-state index contributed by atoms with van der Waals surface area (Å²) in [6.45, 7) is -0.521. The first-order chi connectivity index (χ1) is 9.93. The van der Waals surface area contributed by atoms with E-state index in [0.717, 1.165) is 0 Å². The third-order valence-electron chi connectivity index (χ3n) is 3.32. The van der Waals surface area contributed by atoms with E-state index in [9.17, 15) is 25.2 Å². The largest absolute Gasteiger partial charge is 0.545 e. The Kier molecular flexibility index (Phi) is 4.76. The van der Waals surface area contributed by atoms with Gasteiger partial charge >= 0.3 is 0 Å². The molecule has 0 amide bonds. The molecule has 8 heteroatoms. The second-order valence-corrected chi connectivity index (χ2v) is 4.76. The van der Waals surface area contributed by atoms with Crippen LogP contribution in [0.3, 0.4) is 0 Å². The Hall–Kier alpha value is -1.71. The maximum Gasteiger partial charge on any atom is 0.157 e. The van der Waals surface area contributed by atoms with Crippen molar-refractivity contribution in [1.29, 1.82) is 0 Å². The lowest BCUT2D eigenvalue weighted by atomic mass is 9.98. The van der Waals surface area contributed by atoms with E-state index in [1.807, 2.05) is 0 Å². The Bertz CT molecular complexity index is 490. The minimum Gasteiger partial charge on any atom is -0.545 e. The number of aromatic carboxylic acids is 1. The summed E-state index contributed by atoms with van der Waals surface area (Å²) in [6, 6.07) is 5.49. The highest BCUT2D eigenvalue weighted by atomic mass is 16.6. The van der Waals surface area contributed by atoms with Crippen molar-refractivity contribution in [2.45, 2.75) is 30.6 Å². The van der Waals surface area contributed by atoms with Crippen LogP contribution in [0.15, 0.2) is 24.3 Å². The highest BCUT2D eigenvalue weighted by molar-refractivity contribution is 5.86. The Morgan fingerprint density at radius 1 is 1.14 bits per heavy atom. The number of benzene rings is 1. The molecule has 1 fully saturated rings. The van der Waals surface area contributed by atoms with Gasteiger partial charge in [-0.05, 0) is 17.7 Å². The van der Waals surface area contributed by atoms with Crippen LogP contribution in [-0.4, -0.2) is 63.6 Å². The van der Waals surface area contributed by atoms with E-state index in [1.54, 1.807) is 0 Å². The monoisotopic (exact) mass is 298 g/mol. The average molecular weight is 298 g/mol. The number of carboxylic acids is 1. The van der Waals surface area contributed by atoms with Gasteiger partial charge < -0.3 is 40.4 Å². The standard InChI is InChI=1S/C13H17NO7/c15-5-8-9(16)10(17)11(18)12(21-8)14-7-3-1-6(2-4-7)13(19)20/h1-4,8-12,14-18H,5H2,(H,19,20)/p-1/t8-,9+,10-,11-,12+/m0/s1. The number of anilines is 1. The van der Waals surface area contributed by atoms with Crippen molar-refractivity contribution in [2.24, 2.45) is 0 Å². The molecular formula is C13H16NO7-. The average Bonchev–Trinajstić information content (AvgIpc) is 2.48. The van der Waals surface area contributed by atoms with Gasteiger partial charge in [-0.15, -0.1) is 0 Å². The topological polar surface area (TPSA) is 142 Å². The molecule has 0 aromatic heterocycles. The van der Waals surface area contributed by atoms with Gasteiger partial charge in [0.1, 0.15) is 24.4 Å². The first-order valence-electron chi connectivity index (χ1n) is 6.32. The molecule has 0 saturated carbocycles. The third kappa shape index (κ3) is 3.31. The molecule has 1 aromatic carbocycles. The molecule has 1 aliphatic rings. The molecule has 0 spiro atoms. The second-order valence-electron chi connectivity index (χ2n) is 4.76. The summed E-state index contributed by atoms with van der Waals surface area (Å²) in [5.74, 6) is -1.31. The highest BCUT2D eigenvalue weighted by Crippen LogP contribution is 2.23. The van der Waals surface area contributed by atoms with Crippen LogP contribution >= 0.6 is 0 Å². The molecule has 8 nitrogen and oxygen atoms in total. The molecular weight excluding hydrogens is 282 g/mol. The Labute approximate surface area is 120 Å². The molecule has 1 heterocycles. The lowest BCUT2D eigenvalue weighted by Gasteiger charge is -2.40. The van der Waals surface area contributed by atoms with Crippen LogP contribution in [0.2, 0.25) is 0 Å². The first-order valence-corrected chi connectivity index (χ1v) is 6.32. The zero-order valence-corrected chi connectivity index (χ0v) is 10.9. The van der Waals surface area contributed by atoms with Crippen molar-refractivity contribution < 1.29 is 35.1 Å². The maximum absolute atomic E-state index is 10.6. The second kappa shape index (κ2) is 6.37. The lowest BCUT2D eigenvalue weighted by Crippen LogP contribution is -2.60. The molecule has 1 aliphatic heterocycles. The third-order valence-corrected chi connectivity index (χ3v) is 3.32. The summed E-state index contributed by atoms with van der Waals surface area (Å²) in [5.41, 5.74) is 0.429. The Balaban J connectivity index is 2.08. The lowest BCUT2D eigenvalue weighted by molar-refractivity contribution is -0.255. The van der Waals surface area contributed by atoms with E-state index in [-0.39, 0.29) is 5.56 Å². The number of carbonyl (C=O) groups excluding carboxylic acids is 1. The number of carboxylic acid groups (broad SMARTS) is 1. The molecule has 21 heavy (non-hydrogen) atoms. The molecule has 0 aliphatic carbocycles. The fraction of sp³-hybridized carbons (Fsp3) is 0.462. The van der Waals surface area contributed by atoms with Crippen molar-refractivity contribution >= 4 is 11.7 Å². The van der Waals surface area contributed by atoms with Crippen LogP contribution in [-0.2, 0) is 4.74 Å². The molecule has 0 bridgehead atoms. The predicted molar refractivity (Wildman–Crippen MR) is 68.2 cm³/mol. The van der Waals surface area contributed by atoms with Crippen LogP contribution in [0.1, 0.15) is 10.4 Å². The summed E-state index contributed by atoms with van der Waals surface area (Å²) in [4.78, 5) is 10.6. The van der Waals surface area contributed by atoms with Crippen molar-refractivity contribution in [3.05, 3.63) is 29.8 Å². The van der Waals surface area contributed by atoms with E-state index in [4.69, 9.17) is 9.84 Å². The number of hydrogen-bond acceptors (Lipinski definition) is 8. The normalized spacial score (nSPS) is 32.7. The van der Waals surface area contributed by atoms with Crippen molar-refractivity contribution in [3.63, 3.8) is 0 Å². The van der Waals surface area contributed by atoms with E-state index in [2.05, 4.69) is 5.32 Å². The van der Waals surface area contributed by atoms with Crippen LogP contribution in [0.4, 0.5) is 5.69 Å². The maximum atomic E-state index is 10.6. The fourth-order valence-electron chi connectivity index (χ4n) is 2.09. The first kappa shape index (κ1) is 15.7. The van der Waals surface area contributed by atoms with Gasteiger partial charge in [-0.1, -0.05) is 12.1 Å². The molecule has 1 saturated heterocycles. The van der Waals surface area contributed by atoms with Gasteiger partial charge in [0.2, 0.25) is 0 Å². The predicted octanol–water partition coefficient (Wildman–Crippen LogP) is -2.74. The number of aliphatic hydroxyl groups is 4. The van der Waals surface area contributed by atoms with Gasteiger partial charge in [0.25, 0.3) is 0 Å². The summed E-state index contributed by atoms with van der Waals surface area (Å²) in [7, 11) is 0. The van der Waals surface area contributed by atoms with Crippen LogP contribution < -0.4 is 10.4 Å². The SMILES string of the molecule is O=C([O-])c1ccc(N[C@@H]2O[C@@H](CO)[C@@H](O)[C@H](O)[C@@H]2O)cc1. The number of nitrogens with one attached hydrogen (secondary N) is 1. The number of aliphatic hydroxyl groups excluding tert-OH is 4. The quantitative estimate of drug-likeness (QED) is 0.403. The number of hydrogen-bond donors (Lipinski definition) is 5. The number of rotatable bonds is 4. The molecule has 5 atom stereocenters. The summed E-state index contributed by atoms with van der Waals surface area (Å²) < 4.78 is 5.26. The number of carbonyl (C=O) groups is 1. The highest BCUT2D eigenvalue weighted by Gasteiger charge is 2.43. The zero-order valence-electron chi connectivity index (χ0n) is 10.9. The van der Waals surface area contributed by atoms with Gasteiger partial charge in [-0.3, -0.25) is 0 Å². The summed E-state index contributed by atoms with van der Waals surface area (Å²) in [6.07, 6.45) is -6.39.